The van der Waals surface area contributed by atoms with Crippen LogP contribution in [0.15, 0.2) is 72.9 Å². The Morgan fingerprint density at radius 2 is 1.58 bits per heavy atom. The van der Waals surface area contributed by atoms with Crippen LogP contribution in [0.3, 0.4) is 0 Å². The van der Waals surface area contributed by atoms with Crippen LogP contribution < -0.4 is 5.32 Å². The van der Waals surface area contributed by atoms with E-state index in [1.54, 1.807) is 5.56 Å². The third kappa shape index (κ3) is 5.91. The molecule has 10 rings (SSSR count). The molecule has 2 aromatic heterocycles. The molecule has 2 amide bonds. The Kier molecular flexibility index (Phi) is 9.04. The fourth-order valence-corrected chi connectivity index (χ4v) is 11.3. The maximum absolute atomic E-state index is 13.6. The number of amides is 2. The highest BCUT2D eigenvalue weighted by molar-refractivity contribution is 6.05. The number of hydrogen-bond acceptors (Lipinski definition) is 5. The molecule has 57 heavy (non-hydrogen) atoms. The lowest BCUT2D eigenvalue weighted by molar-refractivity contribution is -0.135. The monoisotopic (exact) mass is 759 g/mol. The Hall–Kier alpha value is -5.28. The standard InChI is InChI=1S/C48H53N7O2/c1-29(2)44(49-3)47(57)55-25-9-13-42(55)45-50-27-40(53-45)36-18-17-34(32-10-4-5-11-33(32)36)35-16-15-31(43-37(35)20-23-48(43)21-6-7-22-48)30-14-19-38-39(26-30)52-46(51-38)41-12-8-24-54(41)28-56/h4-5,10-11,14-19,26-29,41-42,44,49H,6-9,12-13,20-25H2,1-3H3,(H,50,53)(H,51,52). The number of hydrogen-bond donors (Lipinski definition) is 3. The van der Waals surface area contributed by atoms with E-state index in [1.807, 2.05) is 23.0 Å². The van der Waals surface area contributed by atoms with Crippen molar-refractivity contribution in [1.29, 1.82) is 0 Å². The second-order valence-corrected chi connectivity index (χ2v) is 17.4. The van der Waals surface area contributed by atoms with Crippen molar-refractivity contribution in [2.75, 3.05) is 20.1 Å². The molecule has 3 unspecified atom stereocenters. The number of rotatable bonds is 9. The van der Waals surface area contributed by atoms with Crippen molar-refractivity contribution in [1.82, 2.24) is 35.1 Å². The van der Waals surface area contributed by atoms with E-state index >= 15 is 0 Å². The van der Waals surface area contributed by atoms with Crippen LogP contribution in [0.4, 0.5) is 0 Å². The van der Waals surface area contributed by atoms with Gasteiger partial charge in [-0.3, -0.25) is 9.59 Å². The van der Waals surface area contributed by atoms with E-state index in [4.69, 9.17) is 9.97 Å². The molecule has 4 aromatic carbocycles. The fraction of sp³-hybridized carbons (Fsp3) is 0.417. The van der Waals surface area contributed by atoms with Gasteiger partial charge in [-0.15, -0.1) is 0 Å². The van der Waals surface area contributed by atoms with E-state index in [0.717, 1.165) is 85.5 Å². The maximum Gasteiger partial charge on any atom is 0.240 e. The summed E-state index contributed by atoms with van der Waals surface area (Å²) < 4.78 is 0. The Bertz CT molecular complexity index is 2510. The first-order chi connectivity index (χ1) is 27.9. The topological polar surface area (TPSA) is 110 Å². The third-order valence-electron chi connectivity index (χ3n) is 14.0. The van der Waals surface area contributed by atoms with E-state index in [1.165, 1.54) is 70.7 Å². The van der Waals surface area contributed by atoms with Gasteiger partial charge in [0.05, 0.1) is 41.0 Å². The van der Waals surface area contributed by atoms with E-state index in [-0.39, 0.29) is 35.4 Å². The van der Waals surface area contributed by atoms with E-state index in [9.17, 15) is 9.59 Å². The molecule has 1 spiro atoms. The van der Waals surface area contributed by atoms with Gasteiger partial charge < -0.3 is 25.1 Å². The second kappa shape index (κ2) is 14.3. The van der Waals surface area contributed by atoms with Gasteiger partial charge in [-0.2, -0.15) is 0 Å². The summed E-state index contributed by atoms with van der Waals surface area (Å²) in [4.78, 5) is 46.4. The maximum atomic E-state index is 13.6. The molecule has 3 N–H and O–H groups in total. The zero-order valence-electron chi connectivity index (χ0n) is 33.4. The molecule has 2 saturated heterocycles. The van der Waals surface area contributed by atoms with Crippen molar-refractivity contribution in [2.45, 2.75) is 102 Å². The molecule has 3 fully saturated rings. The number of fused-ring (bicyclic) bond motifs is 4. The normalized spacial score (nSPS) is 20.8. The molecule has 4 heterocycles. The SMILES string of the molecule is CNC(C(=O)N1CCCC1c1ncc(-c2ccc(-c3ccc(-c4ccc5nc(C6CCCN6C=O)[nH]c5c4)c4c3CCC43CCCC3)c3ccccc23)[nH]1)C(C)C. The summed E-state index contributed by atoms with van der Waals surface area (Å²) in [5.41, 5.74) is 12.6. The van der Waals surface area contributed by atoms with E-state index in [0.29, 0.717) is 0 Å². The number of likely N-dealkylation sites (tertiary alicyclic amines) is 2. The largest absolute Gasteiger partial charge is 0.340 e. The van der Waals surface area contributed by atoms with Crippen molar-refractivity contribution in [2.24, 2.45) is 5.92 Å². The number of benzene rings is 4. The minimum absolute atomic E-state index is 0.0227. The smallest absolute Gasteiger partial charge is 0.240 e. The van der Waals surface area contributed by atoms with Gasteiger partial charge in [0.25, 0.3) is 0 Å². The number of aromatic nitrogens is 4. The van der Waals surface area contributed by atoms with Crippen LogP contribution in [-0.2, 0) is 21.4 Å². The van der Waals surface area contributed by atoms with Crippen LogP contribution in [-0.4, -0.2) is 68.2 Å². The highest BCUT2D eigenvalue weighted by Crippen LogP contribution is 2.56. The zero-order chi connectivity index (χ0) is 38.8. The van der Waals surface area contributed by atoms with Crippen molar-refractivity contribution in [3.63, 3.8) is 0 Å². The van der Waals surface area contributed by atoms with Gasteiger partial charge in [-0.1, -0.05) is 81.3 Å². The van der Waals surface area contributed by atoms with Crippen molar-refractivity contribution < 1.29 is 9.59 Å². The highest BCUT2D eigenvalue weighted by Gasteiger charge is 2.44. The minimum Gasteiger partial charge on any atom is -0.340 e. The summed E-state index contributed by atoms with van der Waals surface area (Å²) in [6.07, 6.45) is 14.1. The quantitative estimate of drug-likeness (QED) is 0.127. The van der Waals surface area contributed by atoms with Gasteiger partial charge in [0.1, 0.15) is 11.6 Å². The van der Waals surface area contributed by atoms with Crippen molar-refractivity contribution in [3.8, 4) is 33.5 Å². The zero-order valence-corrected chi connectivity index (χ0v) is 33.4. The predicted molar refractivity (Wildman–Crippen MR) is 227 cm³/mol. The lowest BCUT2D eigenvalue weighted by atomic mass is 9.76. The number of H-pyrrole nitrogens is 2. The van der Waals surface area contributed by atoms with Crippen LogP contribution in [0.25, 0.3) is 55.3 Å². The minimum atomic E-state index is -0.207. The molecule has 2 aliphatic carbocycles. The average molecular weight is 760 g/mol. The van der Waals surface area contributed by atoms with Gasteiger partial charge in [-0.05, 0) is 126 Å². The summed E-state index contributed by atoms with van der Waals surface area (Å²) >= 11 is 0. The first kappa shape index (κ1) is 36.1. The lowest BCUT2D eigenvalue weighted by Gasteiger charge is -2.29. The van der Waals surface area contributed by atoms with E-state index < -0.39 is 0 Å². The Morgan fingerprint density at radius 1 is 0.842 bits per heavy atom. The molecule has 4 aliphatic rings. The molecule has 1 saturated carbocycles. The molecule has 3 atom stereocenters. The number of likely N-dealkylation sites (N-methyl/N-ethyl adjacent to an activating group) is 1. The molecule has 9 nitrogen and oxygen atoms in total. The molecule has 292 valence electrons. The summed E-state index contributed by atoms with van der Waals surface area (Å²) in [7, 11) is 1.88. The number of nitrogens with one attached hydrogen (secondary N) is 3. The highest BCUT2D eigenvalue weighted by atomic mass is 16.2. The Morgan fingerprint density at radius 3 is 2.37 bits per heavy atom. The molecular weight excluding hydrogens is 707 g/mol. The Labute approximate surface area is 334 Å². The predicted octanol–water partition coefficient (Wildman–Crippen LogP) is 9.40. The number of carbonyl (C=O) groups is 2. The molecule has 2 aliphatic heterocycles. The van der Waals surface area contributed by atoms with Crippen LogP contribution in [0.1, 0.15) is 106 Å². The lowest BCUT2D eigenvalue weighted by Crippen LogP contribution is -2.47. The number of nitrogens with zero attached hydrogens (tertiary/aromatic N) is 4. The summed E-state index contributed by atoms with van der Waals surface area (Å²) in [6.45, 7) is 5.74. The molecule has 0 bridgehead atoms. The third-order valence-corrected chi connectivity index (χ3v) is 14.0. The van der Waals surface area contributed by atoms with Crippen LogP contribution in [0.2, 0.25) is 0 Å². The Balaban J connectivity index is 1.03. The van der Waals surface area contributed by atoms with Crippen LogP contribution >= 0.6 is 0 Å². The number of aromatic amines is 2. The van der Waals surface area contributed by atoms with Gasteiger partial charge in [0, 0.05) is 18.7 Å². The fourth-order valence-electron chi connectivity index (χ4n) is 11.3. The second-order valence-electron chi connectivity index (χ2n) is 17.4. The first-order valence-corrected chi connectivity index (χ1v) is 21.3. The van der Waals surface area contributed by atoms with Gasteiger partial charge in [0.15, 0.2) is 0 Å². The van der Waals surface area contributed by atoms with Crippen molar-refractivity contribution in [3.05, 3.63) is 95.7 Å². The molecule has 0 radical (unpaired) electrons. The van der Waals surface area contributed by atoms with Crippen LogP contribution in [0.5, 0.6) is 0 Å². The molecule has 9 heteroatoms. The number of carbonyl (C=O) groups excluding carboxylic acids is 2. The summed E-state index contributed by atoms with van der Waals surface area (Å²) in [6, 6.07) is 24.6. The summed E-state index contributed by atoms with van der Waals surface area (Å²) in [5, 5.41) is 5.68. The molecular formula is C48H53N7O2. The van der Waals surface area contributed by atoms with Crippen molar-refractivity contribution >= 4 is 34.1 Å². The summed E-state index contributed by atoms with van der Waals surface area (Å²) in [5.74, 6) is 2.12. The van der Waals surface area contributed by atoms with E-state index in [2.05, 4.69) is 95.9 Å². The first-order valence-electron chi connectivity index (χ1n) is 21.3. The molecule has 6 aromatic rings. The average Bonchev–Trinajstić information content (AvgIpc) is 4.09. The number of imidazole rings is 2. The van der Waals surface area contributed by atoms with Gasteiger partial charge >= 0.3 is 0 Å². The van der Waals surface area contributed by atoms with Crippen LogP contribution in [0, 0.1) is 5.92 Å². The van der Waals surface area contributed by atoms with Gasteiger partial charge in [0.2, 0.25) is 12.3 Å². The van der Waals surface area contributed by atoms with Gasteiger partial charge in [-0.25, -0.2) is 9.97 Å².